The first-order chi connectivity index (χ1) is 12.5. The van der Waals surface area contributed by atoms with Crippen molar-refractivity contribution in [2.45, 2.75) is 18.7 Å². The van der Waals surface area contributed by atoms with Crippen molar-refractivity contribution in [2.75, 3.05) is 16.4 Å². The molecule has 0 saturated carbocycles. The van der Waals surface area contributed by atoms with Gasteiger partial charge in [-0.1, -0.05) is 13.0 Å². The van der Waals surface area contributed by atoms with E-state index in [0.717, 1.165) is 11.3 Å². The molecule has 0 spiro atoms. The normalized spacial score (nSPS) is 11.2. The smallest absolute Gasteiger partial charge is 0.178 e. The molecule has 0 bridgehead atoms. The Hall–Kier alpha value is -3.00. The number of hydrogen-bond donors (Lipinski definition) is 2. The van der Waals surface area contributed by atoms with Gasteiger partial charge in [-0.05, 0) is 36.8 Å². The molecule has 134 valence electrons. The summed E-state index contributed by atoms with van der Waals surface area (Å²) < 4.78 is 24.0. The lowest BCUT2D eigenvalue weighted by Crippen LogP contribution is -2.04. The van der Waals surface area contributed by atoms with E-state index in [4.69, 9.17) is 0 Å². The number of pyridine rings is 1. The largest absolute Gasteiger partial charge is 0.340 e. The molecule has 26 heavy (non-hydrogen) atoms. The first kappa shape index (κ1) is 17.8. The fourth-order valence-electron chi connectivity index (χ4n) is 2.35. The summed E-state index contributed by atoms with van der Waals surface area (Å²) in [6, 6.07) is 10.4. The summed E-state index contributed by atoms with van der Waals surface area (Å²) in [5.41, 5.74) is 2.50. The number of nitrogens with one attached hydrogen (secondary N) is 2. The van der Waals surface area contributed by atoms with Crippen molar-refractivity contribution >= 4 is 32.8 Å². The number of aryl methyl sites for hydroxylation is 1. The van der Waals surface area contributed by atoms with E-state index in [1.165, 1.54) is 6.33 Å². The average Bonchev–Trinajstić information content (AvgIpc) is 2.62. The SMILES string of the molecule is CCS(=O)(=O)c1cccc(Nc2cc(Nc3cncc(C)c3)ncn2)c1. The maximum absolute atomic E-state index is 12.0. The van der Waals surface area contributed by atoms with E-state index in [1.54, 1.807) is 49.6 Å². The van der Waals surface area contributed by atoms with Gasteiger partial charge in [-0.2, -0.15) is 0 Å². The number of hydrogen-bond acceptors (Lipinski definition) is 7. The third kappa shape index (κ3) is 4.34. The Morgan fingerprint density at radius 2 is 1.69 bits per heavy atom. The second-order valence-electron chi connectivity index (χ2n) is 5.72. The van der Waals surface area contributed by atoms with Gasteiger partial charge in [-0.15, -0.1) is 0 Å². The molecule has 7 nitrogen and oxygen atoms in total. The second-order valence-corrected chi connectivity index (χ2v) is 8.00. The van der Waals surface area contributed by atoms with Crippen molar-refractivity contribution < 1.29 is 8.42 Å². The van der Waals surface area contributed by atoms with Gasteiger partial charge in [-0.25, -0.2) is 18.4 Å². The van der Waals surface area contributed by atoms with Crippen molar-refractivity contribution in [1.29, 1.82) is 0 Å². The standard InChI is InChI=1S/C18H19N5O2S/c1-3-26(24,25)16-6-4-5-14(8-16)22-17-9-18(21-12-20-17)23-15-7-13(2)10-19-11-15/h4-12H,3H2,1-2H3,(H2,20,21,22,23). The molecule has 2 N–H and O–H groups in total. The Morgan fingerprint density at radius 1 is 0.962 bits per heavy atom. The van der Waals surface area contributed by atoms with Crippen molar-refractivity contribution in [3.8, 4) is 0 Å². The van der Waals surface area contributed by atoms with Crippen LogP contribution in [0.3, 0.4) is 0 Å². The van der Waals surface area contributed by atoms with Crippen LogP contribution in [0.5, 0.6) is 0 Å². The monoisotopic (exact) mass is 369 g/mol. The first-order valence-corrected chi connectivity index (χ1v) is 9.72. The molecule has 0 fully saturated rings. The molecule has 2 heterocycles. The van der Waals surface area contributed by atoms with E-state index < -0.39 is 9.84 Å². The predicted molar refractivity (Wildman–Crippen MR) is 102 cm³/mol. The zero-order valence-corrected chi connectivity index (χ0v) is 15.3. The number of aromatic nitrogens is 3. The molecule has 0 aliphatic carbocycles. The molecule has 8 heteroatoms. The molecule has 0 saturated heterocycles. The highest BCUT2D eigenvalue weighted by atomic mass is 32.2. The molecule has 3 aromatic rings. The topological polar surface area (TPSA) is 96.9 Å². The molecule has 0 atom stereocenters. The number of anilines is 4. The Labute approximate surface area is 152 Å². The fraction of sp³-hybridized carbons (Fsp3) is 0.167. The predicted octanol–water partition coefficient (Wildman–Crippen LogP) is 3.46. The Bertz CT molecular complexity index is 1020. The van der Waals surface area contributed by atoms with Gasteiger partial charge in [0, 0.05) is 18.0 Å². The van der Waals surface area contributed by atoms with Crippen LogP contribution >= 0.6 is 0 Å². The summed E-state index contributed by atoms with van der Waals surface area (Å²) in [5, 5.41) is 6.27. The Kier molecular flexibility index (Phi) is 5.13. The quantitative estimate of drug-likeness (QED) is 0.687. The molecule has 3 rings (SSSR count). The van der Waals surface area contributed by atoms with Crippen LogP contribution in [0.4, 0.5) is 23.0 Å². The van der Waals surface area contributed by atoms with Crippen LogP contribution < -0.4 is 10.6 Å². The molecule has 1 aromatic carbocycles. The van der Waals surface area contributed by atoms with E-state index in [2.05, 4.69) is 25.6 Å². The number of benzene rings is 1. The lowest BCUT2D eigenvalue weighted by Gasteiger charge is -2.10. The van der Waals surface area contributed by atoms with Crippen molar-refractivity contribution in [2.24, 2.45) is 0 Å². The van der Waals surface area contributed by atoms with Gasteiger partial charge in [0.15, 0.2) is 9.84 Å². The summed E-state index contributed by atoms with van der Waals surface area (Å²) in [7, 11) is -3.26. The first-order valence-electron chi connectivity index (χ1n) is 8.07. The molecular formula is C18H19N5O2S. The van der Waals surface area contributed by atoms with Crippen LogP contribution in [0, 0.1) is 6.92 Å². The molecule has 0 unspecified atom stereocenters. The third-order valence-corrected chi connectivity index (χ3v) is 5.39. The van der Waals surface area contributed by atoms with E-state index >= 15 is 0 Å². The number of rotatable bonds is 6. The van der Waals surface area contributed by atoms with Crippen LogP contribution in [0.25, 0.3) is 0 Å². The highest BCUT2D eigenvalue weighted by Crippen LogP contribution is 2.22. The van der Waals surface area contributed by atoms with Crippen molar-refractivity contribution in [3.63, 3.8) is 0 Å². The minimum atomic E-state index is -3.26. The fourth-order valence-corrected chi connectivity index (χ4v) is 3.27. The lowest BCUT2D eigenvalue weighted by atomic mass is 10.3. The molecular weight excluding hydrogens is 350 g/mol. The summed E-state index contributed by atoms with van der Waals surface area (Å²) in [6.07, 6.45) is 4.91. The highest BCUT2D eigenvalue weighted by Gasteiger charge is 2.12. The summed E-state index contributed by atoms with van der Waals surface area (Å²) in [4.78, 5) is 12.8. The minimum absolute atomic E-state index is 0.0581. The maximum Gasteiger partial charge on any atom is 0.178 e. The maximum atomic E-state index is 12.0. The Balaban J connectivity index is 1.80. The van der Waals surface area contributed by atoms with Crippen LogP contribution in [0.1, 0.15) is 12.5 Å². The molecule has 0 amide bonds. The van der Waals surface area contributed by atoms with E-state index in [9.17, 15) is 8.42 Å². The van der Waals surface area contributed by atoms with Gasteiger partial charge >= 0.3 is 0 Å². The van der Waals surface area contributed by atoms with Crippen LogP contribution in [-0.2, 0) is 9.84 Å². The van der Waals surface area contributed by atoms with Gasteiger partial charge in [-0.3, -0.25) is 4.98 Å². The Morgan fingerprint density at radius 3 is 2.38 bits per heavy atom. The molecule has 2 aromatic heterocycles. The van der Waals surface area contributed by atoms with E-state index in [-0.39, 0.29) is 10.6 Å². The average molecular weight is 369 g/mol. The van der Waals surface area contributed by atoms with Crippen LogP contribution in [0.2, 0.25) is 0 Å². The van der Waals surface area contributed by atoms with Gasteiger partial charge in [0.2, 0.25) is 0 Å². The second kappa shape index (κ2) is 7.49. The third-order valence-electron chi connectivity index (χ3n) is 3.66. The summed E-state index contributed by atoms with van der Waals surface area (Å²) >= 11 is 0. The minimum Gasteiger partial charge on any atom is -0.340 e. The van der Waals surface area contributed by atoms with Crippen molar-refractivity contribution in [3.05, 3.63) is 60.7 Å². The summed E-state index contributed by atoms with van der Waals surface area (Å²) in [6.45, 7) is 3.58. The summed E-state index contributed by atoms with van der Waals surface area (Å²) in [5.74, 6) is 1.21. The lowest BCUT2D eigenvalue weighted by molar-refractivity contribution is 0.597. The van der Waals surface area contributed by atoms with Crippen LogP contribution in [0.15, 0.2) is 60.0 Å². The molecule has 0 aliphatic heterocycles. The highest BCUT2D eigenvalue weighted by molar-refractivity contribution is 7.91. The van der Waals surface area contributed by atoms with Gasteiger partial charge in [0.25, 0.3) is 0 Å². The van der Waals surface area contributed by atoms with Crippen LogP contribution in [-0.4, -0.2) is 29.1 Å². The van der Waals surface area contributed by atoms with Gasteiger partial charge in [0.05, 0.1) is 22.5 Å². The van der Waals surface area contributed by atoms with E-state index in [1.807, 2.05) is 13.0 Å². The zero-order chi connectivity index (χ0) is 18.6. The number of nitrogens with zero attached hydrogens (tertiary/aromatic N) is 3. The molecule has 0 aliphatic rings. The van der Waals surface area contributed by atoms with Gasteiger partial charge in [0.1, 0.15) is 18.0 Å². The van der Waals surface area contributed by atoms with Gasteiger partial charge < -0.3 is 10.6 Å². The molecule has 0 radical (unpaired) electrons. The zero-order valence-electron chi connectivity index (χ0n) is 14.5. The number of sulfone groups is 1. The van der Waals surface area contributed by atoms with E-state index in [0.29, 0.717) is 17.3 Å². The van der Waals surface area contributed by atoms with Crippen molar-refractivity contribution in [1.82, 2.24) is 15.0 Å².